The summed E-state index contributed by atoms with van der Waals surface area (Å²) >= 11 is 0. The maximum Gasteiger partial charge on any atom is 0.0713 e. The van der Waals surface area contributed by atoms with Crippen molar-refractivity contribution in [2.45, 2.75) is 5.41 Å². The molecular weight excluding hydrogens is 795 g/mol. The number of anilines is 3. The summed E-state index contributed by atoms with van der Waals surface area (Å²) in [7, 11) is 0. The molecular formula is C65H45N. The van der Waals surface area contributed by atoms with Crippen LogP contribution in [0.3, 0.4) is 0 Å². The second-order valence-electron chi connectivity index (χ2n) is 17.2. The Balaban J connectivity index is 0.951. The van der Waals surface area contributed by atoms with Crippen LogP contribution < -0.4 is 4.90 Å². The lowest BCUT2D eigenvalue weighted by atomic mass is 9.67. The van der Waals surface area contributed by atoms with E-state index in [1.165, 1.54) is 88.7 Å². The summed E-state index contributed by atoms with van der Waals surface area (Å²) in [4.78, 5) is 2.37. The average molecular weight is 840 g/mol. The number of nitrogens with zero attached hydrogens (tertiary/aromatic N) is 1. The Kier molecular flexibility index (Phi) is 9.81. The van der Waals surface area contributed by atoms with E-state index in [1.807, 2.05) is 0 Å². The second-order valence-corrected chi connectivity index (χ2v) is 17.2. The molecule has 0 radical (unpaired) electrons. The molecule has 0 bridgehead atoms. The maximum absolute atomic E-state index is 2.37. The van der Waals surface area contributed by atoms with Crippen LogP contribution in [0.4, 0.5) is 17.1 Å². The summed E-state index contributed by atoms with van der Waals surface area (Å²) < 4.78 is 0. The van der Waals surface area contributed by atoms with Crippen molar-refractivity contribution in [2.75, 3.05) is 4.90 Å². The quantitative estimate of drug-likeness (QED) is 0.140. The largest absolute Gasteiger partial charge is 0.311 e. The Morgan fingerprint density at radius 1 is 0.242 bits per heavy atom. The van der Waals surface area contributed by atoms with Crippen LogP contribution in [-0.4, -0.2) is 0 Å². The van der Waals surface area contributed by atoms with Gasteiger partial charge in [0.2, 0.25) is 0 Å². The van der Waals surface area contributed by atoms with Crippen molar-refractivity contribution in [3.05, 3.63) is 295 Å². The van der Waals surface area contributed by atoms with Crippen molar-refractivity contribution in [1.29, 1.82) is 0 Å². The molecule has 0 saturated carbocycles. The molecule has 0 spiro atoms. The Hall–Kier alpha value is -8.52. The Morgan fingerprint density at radius 3 is 1.21 bits per heavy atom. The second kappa shape index (κ2) is 16.6. The first-order valence-electron chi connectivity index (χ1n) is 22.8. The summed E-state index contributed by atoms with van der Waals surface area (Å²) in [5.74, 6) is 0. The van der Waals surface area contributed by atoms with Crippen LogP contribution >= 0.6 is 0 Å². The van der Waals surface area contributed by atoms with Gasteiger partial charge < -0.3 is 4.90 Å². The van der Waals surface area contributed by atoms with E-state index >= 15 is 0 Å². The fraction of sp³-hybridized carbons (Fsp3) is 0.0154. The van der Waals surface area contributed by atoms with E-state index in [4.69, 9.17) is 0 Å². The van der Waals surface area contributed by atoms with Crippen molar-refractivity contribution in [3.8, 4) is 55.6 Å². The highest BCUT2D eigenvalue weighted by Gasteiger charge is 2.46. The van der Waals surface area contributed by atoms with Gasteiger partial charge in [-0.1, -0.05) is 237 Å². The summed E-state index contributed by atoms with van der Waals surface area (Å²) in [6, 6.07) is 99.8. The van der Waals surface area contributed by atoms with Crippen molar-refractivity contribution >= 4 is 27.8 Å². The molecule has 1 aliphatic carbocycles. The van der Waals surface area contributed by atoms with Gasteiger partial charge in [0.05, 0.1) is 5.41 Å². The molecule has 11 aromatic rings. The lowest BCUT2D eigenvalue weighted by Crippen LogP contribution is -2.28. The molecule has 0 atom stereocenters. The molecule has 0 unspecified atom stereocenters. The van der Waals surface area contributed by atoms with Crippen molar-refractivity contribution in [2.24, 2.45) is 0 Å². The van der Waals surface area contributed by atoms with Gasteiger partial charge in [-0.2, -0.15) is 0 Å². The van der Waals surface area contributed by atoms with Crippen LogP contribution in [-0.2, 0) is 5.41 Å². The number of hydrogen-bond acceptors (Lipinski definition) is 1. The number of hydrogen-bond donors (Lipinski definition) is 0. The zero-order chi connectivity index (χ0) is 43.9. The summed E-state index contributed by atoms with van der Waals surface area (Å²) in [6.07, 6.45) is 0. The van der Waals surface area contributed by atoms with Crippen molar-refractivity contribution in [3.63, 3.8) is 0 Å². The number of benzene rings is 11. The van der Waals surface area contributed by atoms with E-state index in [9.17, 15) is 0 Å². The van der Waals surface area contributed by atoms with Gasteiger partial charge in [0.1, 0.15) is 0 Å². The Bertz CT molecular complexity index is 3420. The first kappa shape index (κ1) is 39.1. The third-order valence-electron chi connectivity index (χ3n) is 13.6. The first-order chi connectivity index (χ1) is 32.7. The minimum absolute atomic E-state index is 0.449. The molecule has 66 heavy (non-hydrogen) atoms. The van der Waals surface area contributed by atoms with Gasteiger partial charge in [0.15, 0.2) is 0 Å². The van der Waals surface area contributed by atoms with Gasteiger partial charge in [-0.15, -0.1) is 0 Å². The highest BCUT2D eigenvalue weighted by atomic mass is 15.1. The van der Waals surface area contributed by atoms with Gasteiger partial charge in [0, 0.05) is 17.1 Å². The normalized spacial score (nSPS) is 12.4. The van der Waals surface area contributed by atoms with Crippen molar-refractivity contribution < 1.29 is 0 Å². The molecule has 12 rings (SSSR count). The zero-order valence-electron chi connectivity index (χ0n) is 36.4. The monoisotopic (exact) mass is 839 g/mol. The van der Waals surface area contributed by atoms with E-state index in [2.05, 4.69) is 278 Å². The standard InChI is InChI=1S/C65H45N/c1-4-16-46(17-5-1)47-30-32-48(33-31-47)49-34-40-55(41-35-49)66(56-42-36-51(37-43-56)59-26-14-19-50-18-10-11-24-58(50)59)57-44-38-52(39-45-57)60-27-15-29-63-64(60)61-25-12-13-28-62(61)65(63,53-20-6-2-7-21-53)54-22-8-3-9-23-54/h1-45H. The third-order valence-corrected chi connectivity index (χ3v) is 13.6. The van der Waals surface area contributed by atoms with Crippen molar-refractivity contribution in [1.82, 2.24) is 0 Å². The van der Waals surface area contributed by atoms with E-state index in [1.54, 1.807) is 0 Å². The van der Waals surface area contributed by atoms with Crippen LogP contribution in [0.5, 0.6) is 0 Å². The molecule has 0 heterocycles. The van der Waals surface area contributed by atoms with Crippen LogP contribution in [0.25, 0.3) is 66.4 Å². The molecule has 11 aromatic carbocycles. The number of fused-ring (bicyclic) bond motifs is 4. The molecule has 0 N–H and O–H groups in total. The summed E-state index contributed by atoms with van der Waals surface area (Å²) in [6.45, 7) is 0. The molecule has 0 saturated heterocycles. The van der Waals surface area contributed by atoms with Gasteiger partial charge in [-0.25, -0.2) is 0 Å². The Morgan fingerprint density at radius 2 is 0.621 bits per heavy atom. The molecule has 0 aromatic heterocycles. The highest BCUT2D eigenvalue weighted by molar-refractivity contribution is 5.98. The van der Waals surface area contributed by atoms with Gasteiger partial charge in [-0.3, -0.25) is 0 Å². The SMILES string of the molecule is c1ccc(-c2ccc(-c3ccc(N(c4ccc(-c5cccc6c5-c5ccccc5C6(c5ccccc5)c5ccccc5)cc4)c4ccc(-c5cccc6ccccc56)cc4)cc3)cc2)cc1. The lowest BCUT2D eigenvalue weighted by molar-refractivity contribution is 0.768. The molecule has 0 aliphatic heterocycles. The van der Waals surface area contributed by atoms with E-state index < -0.39 is 5.41 Å². The van der Waals surface area contributed by atoms with Gasteiger partial charge >= 0.3 is 0 Å². The fourth-order valence-electron chi connectivity index (χ4n) is 10.5. The lowest BCUT2D eigenvalue weighted by Gasteiger charge is -2.34. The summed E-state index contributed by atoms with van der Waals surface area (Å²) in [5.41, 5.74) is 20.2. The van der Waals surface area contributed by atoms with Gasteiger partial charge in [0.25, 0.3) is 0 Å². The molecule has 1 heteroatoms. The molecule has 0 amide bonds. The molecule has 1 aliphatic rings. The predicted octanol–water partition coefficient (Wildman–Crippen LogP) is 17.3. The van der Waals surface area contributed by atoms with Crippen LogP contribution in [0.2, 0.25) is 0 Å². The molecule has 1 nitrogen and oxygen atoms in total. The minimum Gasteiger partial charge on any atom is -0.311 e. The van der Waals surface area contributed by atoms with E-state index in [0.29, 0.717) is 0 Å². The minimum atomic E-state index is -0.449. The van der Waals surface area contributed by atoms with Crippen LogP contribution in [0.1, 0.15) is 22.3 Å². The van der Waals surface area contributed by atoms with E-state index in [-0.39, 0.29) is 0 Å². The third kappa shape index (κ3) is 6.64. The molecule has 310 valence electrons. The predicted molar refractivity (Wildman–Crippen MR) is 278 cm³/mol. The van der Waals surface area contributed by atoms with Crippen LogP contribution in [0.15, 0.2) is 273 Å². The first-order valence-corrected chi connectivity index (χ1v) is 22.8. The Labute approximate surface area is 387 Å². The fourth-order valence-corrected chi connectivity index (χ4v) is 10.5. The van der Waals surface area contributed by atoms with Gasteiger partial charge in [-0.05, 0) is 125 Å². The topological polar surface area (TPSA) is 3.24 Å². The smallest absolute Gasteiger partial charge is 0.0713 e. The van der Waals surface area contributed by atoms with E-state index in [0.717, 1.165) is 17.1 Å². The zero-order valence-corrected chi connectivity index (χ0v) is 36.4. The average Bonchev–Trinajstić information content (AvgIpc) is 3.71. The number of rotatable bonds is 9. The van der Waals surface area contributed by atoms with Crippen LogP contribution in [0, 0.1) is 0 Å². The highest BCUT2D eigenvalue weighted by Crippen LogP contribution is 2.58. The maximum atomic E-state index is 2.37. The molecule has 0 fully saturated rings. The summed E-state index contributed by atoms with van der Waals surface area (Å²) in [5, 5.41) is 2.50.